The predicted octanol–water partition coefficient (Wildman–Crippen LogP) is 1.90. The minimum absolute atomic E-state index is 0.00547. The van der Waals surface area contributed by atoms with Crippen LogP contribution in [0, 0.1) is 28.6 Å². The summed E-state index contributed by atoms with van der Waals surface area (Å²) < 4.78 is 15.4. The van der Waals surface area contributed by atoms with E-state index >= 15 is 0 Å². The predicted molar refractivity (Wildman–Crippen MR) is 106 cm³/mol. The highest BCUT2D eigenvalue weighted by Gasteiger charge is 2.68. The van der Waals surface area contributed by atoms with Crippen molar-refractivity contribution in [2.75, 3.05) is 6.61 Å². The lowest BCUT2D eigenvalue weighted by Gasteiger charge is -2.60. The third kappa shape index (κ3) is 3.19. The van der Waals surface area contributed by atoms with Gasteiger partial charge in [0.15, 0.2) is 11.6 Å². The van der Waals surface area contributed by atoms with E-state index in [1.807, 2.05) is 6.92 Å². The average Bonchev–Trinajstić information content (AvgIpc) is 2.91. The normalized spacial score (nSPS) is 45.9. The molecular formula is C21H31O8P. The van der Waals surface area contributed by atoms with Crippen LogP contribution in [-0.2, 0) is 18.7 Å². The van der Waals surface area contributed by atoms with E-state index in [0.717, 1.165) is 18.4 Å². The van der Waals surface area contributed by atoms with Crippen molar-refractivity contribution in [2.24, 2.45) is 28.6 Å². The zero-order valence-electron chi connectivity index (χ0n) is 17.4. The smallest absolute Gasteiger partial charge is 0.393 e. The van der Waals surface area contributed by atoms with Crippen LogP contribution in [0.25, 0.3) is 0 Å². The van der Waals surface area contributed by atoms with Gasteiger partial charge in [-0.15, -0.1) is 0 Å². The maximum absolute atomic E-state index is 12.8. The Morgan fingerprint density at radius 1 is 1.23 bits per heavy atom. The summed E-state index contributed by atoms with van der Waals surface area (Å²) in [5, 5.41) is 22.7. The second-order valence-electron chi connectivity index (χ2n) is 10.2. The number of ketones is 2. The SMILES string of the molecule is C[C@]12CCC(=O)C=C1CC[C@@H]1[C@@H]2[C@@H](O)C[C@]2(C)[C@@H]1CC[C@]2(O)C(=O)COP(=O)(O)O. The second kappa shape index (κ2) is 7.06. The fraction of sp³-hybridized carbons (Fsp3) is 0.810. The second-order valence-corrected chi connectivity index (χ2v) is 11.4. The molecule has 4 aliphatic carbocycles. The molecule has 0 heterocycles. The first-order valence-corrected chi connectivity index (χ1v) is 12.2. The standard InChI is InChI=1S/C21H31O8P/c1-19-7-5-13(22)9-12(19)3-4-14-15-6-8-21(25,17(24)11-29-30(26,27)28)20(15,2)10-16(23)18(14)19/h9,14-16,18,23,25H,3-8,10-11H2,1-2H3,(H2,26,27,28)/t14-,15+,16-,18+,19-,20+,21-/m0/s1. The molecule has 4 rings (SSSR count). The molecule has 0 saturated heterocycles. The molecule has 0 unspecified atom stereocenters. The number of aliphatic hydroxyl groups is 2. The summed E-state index contributed by atoms with van der Waals surface area (Å²) in [6.45, 7) is 3.09. The topological polar surface area (TPSA) is 141 Å². The summed E-state index contributed by atoms with van der Waals surface area (Å²) in [6, 6.07) is 0. The minimum atomic E-state index is -4.83. The van der Waals surface area contributed by atoms with Gasteiger partial charge in [0.2, 0.25) is 0 Å². The molecule has 3 saturated carbocycles. The number of phosphoric ester groups is 1. The molecule has 0 aromatic rings. The summed E-state index contributed by atoms with van der Waals surface area (Å²) in [5.74, 6) is -0.522. The highest BCUT2D eigenvalue weighted by Crippen LogP contribution is 2.67. The lowest BCUT2D eigenvalue weighted by molar-refractivity contribution is -0.182. The van der Waals surface area contributed by atoms with Crippen LogP contribution in [0.1, 0.15) is 58.8 Å². The Kier molecular flexibility index (Phi) is 5.25. The van der Waals surface area contributed by atoms with Gasteiger partial charge in [0.05, 0.1) is 6.10 Å². The lowest BCUT2D eigenvalue weighted by Crippen LogP contribution is -2.62. The number of carbonyl (C=O) groups is 2. The van der Waals surface area contributed by atoms with E-state index < -0.39 is 37.3 Å². The molecule has 0 amide bonds. The van der Waals surface area contributed by atoms with Crippen molar-refractivity contribution in [3.8, 4) is 0 Å². The third-order valence-electron chi connectivity index (χ3n) is 8.87. The fourth-order valence-electron chi connectivity index (χ4n) is 7.41. The Balaban J connectivity index is 1.64. The molecule has 3 fully saturated rings. The first-order chi connectivity index (χ1) is 13.8. The van der Waals surface area contributed by atoms with Crippen LogP contribution in [0.4, 0.5) is 0 Å². The van der Waals surface area contributed by atoms with E-state index in [1.54, 1.807) is 6.08 Å². The van der Waals surface area contributed by atoms with Gasteiger partial charge in [-0.25, -0.2) is 4.57 Å². The number of phosphoric acid groups is 1. The first kappa shape index (κ1) is 22.3. The van der Waals surface area contributed by atoms with Crippen molar-refractivity contribution in [3.63, 3.8) is 0 Å². The van der Waals surface area contributed by atoms with Gasteiger partial charge in [-0.2, -0.15) is 0 Å². The summed E-state index contributed by atoms with van der Waals surface area (Å²) in [7, 11) is -4.83. The number of aliphatic hydroxyl groups excluding tert-OH is 1. The highest BCUT2D eigenvalue weighted by molar-refractivity contribution is 7.46. The molecule has 0 aromatic heterocycles. The molecule has 0 bridgehead atoms. The molecule has 168 valence electrons. The van der Waals surface area contributed by atoms with Gasteiger partial charge in [0, 0.05) is 11.8 Å². The molecule has 30 heavy (non-hydrogen) atoms. The number of fused-ring (bicyclic) bond motifs is 5. The van der Waals surface area contributed by atoms with Crippen LogP contribution >= 0.6 is 7.82 Å². The zero-order valence-corrected chi connectivity index (χ0v) is 18.3. The molecule has 4 aliphatic rings. The molecule has 0 radical (unpaired) electrons. The van der Waals surface area contributed by atoms with Crippen molar-refractivity contribution in [2.45, 2.75) is 70.5 Å². The molecule has 0 spiro atoms. The third-order valence-corrected chi connectivity index (χ3v) is 9.34. The van der Waals surface area contributed by atoms with Crippen LogP contribution < -0.4 is 0 Å². The van der Waals surface area contributed by atoms with E-state index in [-0.39, 0.29) is 41.8 Å². The molecule has 7 atom stereocenters. The number of carbonyl (C=O) groups excluding carboxylic acids is 2. The number of Topliss-reactive ketones (excluding diaryl/α,β-unsaturated/α-hetero) is 1. The Labute approximate surface area is 175 Å². The van der Waals surface area contributed by atoms with Gasteiger partial charge in [-0.3, -0.25) is 14.1 Å². The maximum Gasteiger partial charge on any atom is 0.470 e. The van der Waals surface area contributed by atoms with Gasteiger partial charge in [-0.1, -0.05) is 19.4 Å². The van der Waals surface area contributed by atoms with Crippen LogP contribution in [0.3, 0.4) is 0 Å². The van der Waals surface area contributed by atoms with E-state index in [4.69, 9.17) is 9.79 Å². The van der Waals surface area contributed by atoms with Gasteiger partial charge < -0.3 is 20.0 Å². The fourth-order valence-corrected chi connectivity index (χ4v) is 7.70. The number of rotatable bonds is 4. The van der Waals surface area contributed by atoms with Gasteiger partial charge in [-0.05, 0) is 67.8 Å². The summed E-state index contributed by atoms with van der Waals surface area (Å²) in [6.07, 6.45) is 4.79. The van der Waals surface area contributed by atoms with Crippen LogP contribution in [0.15, 0.2) is 11.6 Å². The van der Waals surface area contributed by atoms with Gasteiger partial charge in [0.1, 0.15) is 12.2 Å². The Hall–Kier alpha value is -0.890. The molecule has 4 N–H and O–H groups in total. The van der Waals surface area contributed by atoms with Gasteiger partial charge in [0.25, 0.3) is 0 Å². The van der Waals surface area contributed by atoms with Crippen LogP contribution in [0.2, 0.25) is 0 Å². The summed E-state index contributed by atoms with van der Waals surface area (Å²) >= 11 is 0. The number of hydrogen-bond donors (Lipinski definition) is 4. The monoisotopic (exact) mass is 442 g/mol. The Morgan fingerprint density at radius 3 is 2.60 bits per heavy atom. The van der Waals surface area contributed by atoms with Crippen molar-refractivity contribution >= 4 is 19.4 Å². The Morgan fingerprint density at radius 2 is 1.93 bits per heavy atom. The largest absolute Gasteiger partial charge is 0.470 e. The quantitative estimate of drug-likeness (QED) is 0.484. The van der Waals surface area contributed by atoms with Crippen LogP contribution in [-0.4, -0.2) is 49.9 Å². The summed E-state index contributed by atoms with van der Waals surface area (Å²) in [4.78, 5) is 42.6. The Bertz CT molecular complexity index is 848. The van der Waals surface area contributed by atoms with Crippen LogP contribution in [0.5, 0.6) is 0 Å². The number of allylic oxidation sites excluding steroid dienone is 1. The summed E-state index contributed by atoms with van der Waals surface area (Å²) in [5.41, 5.74) is -1.84. The zero-order chi connectivity index (χ0) is 22.1. The van der Waals surface area contributed by atoms with E-state index in [2.05, 4.69) is 11.4 Å². The average molecular weight is 442 g/mol. The molecular weight excluding hydrogens is 411 g/mol. The van der Waals surface area contributed by atoms with E-state index in [1.165, 1.54) is 0 Å². The molecule has 0 aromatic carbocycles. The minimum Gasteiger partial charge on any atom is -0.393 e. The van der Waals surface area contributed by atoms with E-state index in [0.29, 0.717) is 19.3 Å². The lowest BCUT2D eigenvalue weighted by atomic mass is 9.45. The van der Waals surface area contributed by atoms with Crippen molar-refractivity contribution in [3.05, 3.63) is 11.6 Å². The van der Waals surface area contributed by atoms with Gasteiger partial charge >= 0.3 is 7.82 Å². The number of hydrogen-bond acceptors (Lipinski definition) is 6. The van der Waals surface area contributed by atoms with Crippen molar-refractivity contribution in [1.29, 1.82) is 0 Å². The maximum atomic E-state index is 12.8. The first-order valence-electron chi connectivity index (χ1n) is 10.7. The van der Waals surface area contributed by atoms with E-state index in [9.17, 15) is 24.4 Å². The molecule has 9 heteroatoms. The highest BCUT2D eigenvalue weighted by atomic mass is 31.2. The van der Waals surface area contributed by atoms with Crippen molar-refractivity contribution in [1.82, 2.24) is 0 Å². The van der Waals surface area contributed by atoms with Crippen molar-refractivity contribution < 1.29 is 38.7 Å². The molecule has 8 nitrogen and oxygen atoms in total. The molecule has 0 aliphatic heterocycles.